The van der Waals surface area contributed by atoms with Crippen LogP contribution in [-0.4, -0.2) is 21.5 Å². The second kappa shape index (κ2) is 5.67. The van der Waals surface area contributed by atoms with Gasteiger partial charge in [-0.25, -0.2) is 0 Å². The number of nitrogens with one attached hydrogen (secondary N) is 1. The lowest BCUT2D eigenvalue weighted by atomic mass is 9.98. The monoisotopic (exact) mass is 330 g/mol. The molecular weight excluding hydrogens is 316 g/mol. The van der Waals surface area contributed by atoms with Crippen LogP contribution in [0.15, 0.2) is 22.7 Å². The fraction of sp³-hybridized carbons (Fsp3) is 0.333. The van der Waals surface area contributed by atoms with E-state index in [1.54, 1.807) is 19.1 Å². The van der Waals surface area contributed by atoms with Crippen molar-refractivity contribution in [3.8, 4) is 5.75 Å². The highest BCUT2D eigenvalue weighted by atomic mass is 79.9. The first-order valence-electron chi connectivity index (χ1n) is 5.41. The van der Waals surface area contributed by atoms with E-state index in [-0.39, 0.29) is 16.6 Å². The smallest absolute Gasteiger partial charge is 0.252 e. The standard InChI is InChI=1S/C12H15BrN2O2S/c1-3-12(2,11(14)18)15-10(17)7-4-5-8(13)9(16)6-7/h4-6,16H,3H2,1-2H3,(H2,14,18)(H,15,17). The van der Waals surface area contributed by atoms with Gasteiger partial charge in [0, 0.05) is 5.56 Å². The molecule has 6 heteroatoms. The molecule has 4 nitrogen and oxygen atoms in total. The Labute approximate surface area is 120 Å². The van der Waals surface area contributed by atoms with Gasteiger partial charge in [-0.05, 0) is 47.5 Å². The normalized spacial score (nSPS) is 13.7. The summed E-state index contributed by atoms with van der Waals surface area (Å²) in [4.78, 5) is 12.3. The number of thiocarbonyl (C=S) groups is 1. The number of rotatable bonds is 4. The molecule has 0 aliphatic rings. The maximum Gasteiger partial charge on any atom is 0.252 e. The van der Waals surface area contributed by atoms with Crippen LogP contribution >= 0.6 is 28.1 Å². The predicted molar refractivity (Wildman–Crippen MR) is 78.8 cm³/mol. The lowest BCUT2D eigenvalue weighted by Gasteiger charge is -2.28. The van der Waals surface area contributed by atoms with Gasteiger partial charge in [0.15, 0.2) is 0 Å². The number of benzene rings is 1. The Bertz CT molecular complexity index is 493. The fourth-order valence-electron chi connectivity index (χ4n) is 1.30. The minimum atomic E-state index is -0.727. The number of carbonyl (C=O) groups excluding carboxylic acids is 1. The van der Waals surface area contributed by atoms with Crippen molar-refractivity contribution in [2.75, 3.05) is 0 Å². The summed E-state index contributed by atoms with van der Waals surface area (Å²) in [6, 6.07) is 4.60. The molecule has 0 aromatic heterocycles. The molecule has 1 rings (SSSR count). The van der Waals surface area contributed by atoms with Crippen molar-refractivity contribution >= 4 is 39.0 Å². The van der Waals surface area contributed by atoms with Gasteiger partial charge in [-0.15, -0.1) is 0 Å². The third-order valence-corrected chi connectivity index (χ3v) is 3.97. The molecule has 98 valence electrons. The van der Waals surface area contributed by atoms with E-state index in [4.69, 9.17) is 18.0 Å². The molecule has 1 aromatic carbocycles. The van der Waals surface area contributed by atoms with Gasteiger partial charge in [0.2, 0.25) is 0 Å². The molecule has 1 aromatic rings. The number of halogens is 1. The van der Waals surface area contributed by atoms with Gasteiger partial charge in [-0.1, -0.05) is 19.1 Å². The summed E-state index contributed by atoms with van der Waals surface area (Å²) in [5.74, 6) is -0.314. The molecule has 0 heterocycles. The highest BCUT2D eigenvalue weighted by Gasteiger charge is 2.28. The van der Waals surface area contributed by atoms with Crippen molar-refractivity contribution in [3.05, 3.63) is 28.2 Å². The predicted octanol–water partition coefficient (Wildman–Crippen LogP) is 2.34. The Balaban J connectivity index is 2.95. The van der Waals surface area contributed by atoms with E-state index in [2.05, 4.69) is 21.2 Å². The van der Waals surface area contributed by atoms with E-state index < -0.39 is 5.54 Å². The lowest BCUT2D eigenvalue weighted by molar-refractivity contribution is 0.0926. The first-order chi connectivity index (χ1) is 8.30. The molecular formula is C12H15BrN2O2S. The SMILES string of the molecule is CCC(C)(NC(=O)c1ccc(Br)c(O)c1)C(N)=S. The van der Waals surface area contributed by atoms with Gasteiger partial charge in [0.1, 0.15) is 5.75 Å². The summed E-state index contributed by atoms with van der Waals surface area (Å²) in [5, 5.41) is 12.3. The molecule has 0 bridgehead atoms. The van der Waals surface area contributed by atoms with Crippen molar-refractivity contribution in [1.82, 2.24) is 5.32 Å². The number of hydrogen-bond acceptors (Lipinski definition) is 3. The van der Waals surface area contributed by atoms with Crippen LogP contribution in [0.2, 0.25) is 0 Å². The van der Waals surface area contributed by atoms with Crippen LogP contribution in [0.1, 0.15) is 30.6 Å². The molecule has 0 fully saturated rings. The zero-order valence-corrected chi connectivity index (χ0v) is 12.6. The summed E-state index contributed by atoms with van der Waals surface area (Å²) in [7, 11) is 0. The van der Waals surface area contributed by atoms with E-state index in [0.717, 1.165) is 0 Å². The molecule has 0 aliphatic heterocycles. The average molecular weight is 331 g/mol. The van der Waals surface area contributed by atoms with Gasteiger partial charge in [0.25, 0.3) is 5.91 Å². The highest BCUT2D eigenvalue weighted by Crippen LogP contribution is 2.24. The Kier molecular flexibility index (Phi) is 4.70. The van der Waals surface area contributed by atoms with E-state index in [1.165, 1.54) is 6.07 Å². The average Bonchev–Trinajstić information content (AvgIpc) is 2.32. The molecule has 1 unspecified atom stereocenters. The summed E-state index contributed by atoms with van der Waals surface area (Å²) < 4.78 is 0.534. The van der Waals surface area contributed by atoms with Crippen LogP contribution in [0.4, 0.5) is 0 Å². The fourth-order valence-corrected chi connectivity index (χ4v) is 1.74. The molecule has 1 amide bonds. The number of carbonyl (C=O) groups is 1. The van der Waals surface area contributed by atoms with E-state index in [9.17, 15) is 9.90 Å². The second-order valence-electron chi connectivity index (χ2n) is 4.17. The Hall–Kier alpha value is -1.14. The minimum absolute atomic E-state index is 0.0103. The number of phenols is 1. The van der Waals surface area contributed by atoms with E-state index in [0.29, 0.717) is 16.5 Å². The number of aromatic hydroxyl groups is 1. The zero-order chi connectivity index (χ0) is 13.9. The molecule has 0 aliphatic carbocycles. The van der Waals surface area contributed by atoms with Crippen LogP contribution in [0.3, 0.4) is 0 Å². The molecule has 1 atom stereocenters. The van der Waals surface area contributed by atoms with Crippen LogP contribution in [-0.2, 0) is 0 Å². The minimum Gasteiger partial charge on any atom is -0.507 e. The summed E-state index contributed by atoms with van der Waals surface area (Å²) in [6.07, 6.45) is 0.594. The van der Waals surface area contributed by atoms with Gasteiger partial charge in [0.05, 0.1) is 15.0 Å². The van der Waals surface area contributed by atoms with Crippen LogP contribution in [0.5, 0.6) is 5.75 Å². The lowest BCUT2D eigenvalue weighted by Crippen LogP contribution is -2.54. The van der Waals surface area contributed by atoms with Crippen molar-refractivity contribution in [2.45, 2.75) is 25.8 Å². The van der Waals surface area contributed by atoms with Crippen LogP contribution in [0.25, 0.3) is 0 Å². The van der Waals surface area contributed by atoms with E-state index in [1.807, 2.05) is 6.92 Å². The van der Waals surface area contributed by atoms with Crippen molar-refractivity contribution in [1.29, 1.82) is 0 Å². The Morgan fingerprint density at radius 3 is 2.67 bits per heavy atom. The van der Waals surface area contributed by atoms with Crippen LogP contribution < -0.4 is 11.1 Å². The van der Waals surface area contributed by atoms with Gasteiger partial charge < -0.3 is 16.2 Å². The second-order valence-corrected chi connectivity index (χ2v) is 5.46. The maximum absolute atomic E-state index is 12.0. The number of nitrogens with two attached hydrogens (primary N) is 1. The molecule has 0 radical (unpaired) electrons. The first-order valence-corrected chi connectivity index (χ1v) is 6.61. The third-order valence-electron chi connectivity index (χ3n) is 2.85. The summed E-state index contributed by atoms with van der Waals surface area (Å²) >= 11 is 8.10. The summed E-state index contributed by atoms with van der Waals surface area (Å²) in [6.45, 7) is 3.66. The Morgan fingerprint density at radius 1 is 1.61 bits per heavy atom. The number of hydrogen-bond donors (Lipinski definition) is 3. The maximum atomic E-state index is 12.0. The van der Waals surface area contributed by atoms with Gasteiger partial charge in [-0.2, -0.15) is 0 Å². The third kappa shape index (κ3) is 3.20. The molecule has 0 saturated heterocycles. The number of amides is 1. The van der Waals surface area contributed by atoms with Crippen molar-refractivity contribution < 1.29 is 9.90 Å². The van der Waals surface area contributed by atoms with E-state index >= 15 is 0 Å². The van der Waals surface area contributed by atoms with Gasteiger partial charge >= 0.3 is 0 Å². The molecule has 18 heavy (non-hydrogen) atoms. The van der Waals surface area contributed by atoms with Crippen LogP contribution in [0, 0.1) is 0 Å². The largest absolute Gasteiger partial charge is 0.507 e. The van der Waals surface area contributed by atoms with Crippen molar-refractivity contribution in [2.24, 2.45) is 5.73 Å². The number of phenolic OH excluding ortho intramolecular Hbond substituents is 1. The molecule has 0 spiro atoms. The molecule has 4 N–H and O–H groups in total. The summed E-state index contributed by atoms with van der Waals surface area (Å²) in [5.41, 5.74) is 5.25. The van der Waals surface area contributed by atoms with Gasteiger partial charge in [-0.3, -0.25) is 4.79 Å². The molecule has 0 saturated carbocycles. The Morgan fingerprint density at radius 2 is 2.22 bits per heavy atom. The first kappa shape index (κ1) is 14.9. The zero-order valence-electron chi connectivity index (χ0n) is 10.2. The highest BCUT2D eigenvalue weighted by molar-refractivity contribution is 9.10. The van der Waals surface area contributed by atoms with Crippen molar-refractivity contribution in [3.63, 3.8) is 0 Å². The topological polar surface area (TPSA) is 75.3 Å². The quantitative estimate of drug-likeness (QED) is 0.740.